The molecule has 10 aromatic carbocycles. The van der Waals surface area contributed by atoms with Crippen LogP contribution in [0.5, 0.6) is 0 Å². The second-order valence-electron chi connectivity index (χ2n) is 18.1. The van der Waals surface area contributed by atoms with E-state index in [2.05, 4.69) is 229 Å². The topological polar surface area (TPSA) is 23.0 Å². The first kappa shape index (κ1) is 35.5. The number of furan rings is 1. The highest BCUT2D eigenvalue weighted by atomic mass is 16.3. The molecule has 64 heavy (non-hydrogen) atoms. The summed E-state index contributed by atoms with van der Waals surface area (Å²) in [5.74, 6) is 0. The van der Waals surface area contributed by atoms with Gasteiger partial charge in [-0.05, 0) is 140 Å². The van der Waals surface area contributed by atoms with Crippen LogP contribution in [0.15, 0.2) is 211 Å². The van der Waals surface area contributed by atoms with Crippen LogP contribution in [0.3, 0.4) is 0 Å². The quantitative estimate of drug-likeness (QED) is 0.173. The summed E-state index contributed by atoms with van der Waals surface area (Å²) in [6.07, 6.45) is 0. The van der Waals surface area contributed by atoms with E-state index in [4.69, 9.17) is 4.42 Å². The second-order valence-corrected chi connectivity index (χ2v) is 18.1. The number of benzene rings is 10. The zero-order valence-corrected chi connectivity index (χ0v) is 35.4. The van der Waals surface area contributed by atoms with Crippen molar-refractivity contribution in [3.63, 3.8) is 0 Å². The average molecular weight is 817 g/mol. The molecule has 3 heterocycles. The van der Waals surface area contributed by atoms with Gasteiger partial charge in [-0.3, -0.25) is 0 Å². The van der Waals surface area contributed by atoms with Gasteiger partial charge in [-0.15, -0.1) is 0 Å². The average Bonchev–Trinajstić information content (AvgIpc) is 4.05. The maximum Gasteiger partial charge on any atom is 0.136 e. The molecule has 0 radical (unpaired) electrons. The SMILES string of the molecule is CC1(C)c2cc3c(cc2-c2c1ccc1ccccc21)c1cc(-c2ccc4oc5cccc(-c6ccc7c(c6)c6ccccc6n7-c6ccccc6)c5c4c2)ccc1n3-c1ccccc1. The van der Waals surface area contributed by atoms with E-state index in [9.17, 15) is 0 Å². The maximum atomic E-state index is 6.62. The highest BCUT2D eigenvalue weighted by molar-refractivity contribution is 6.17. The van der Waals surface area contributed by atoms with Crippen LogP contribution in [0.4, 0.5) is 0 Å². The minimum atomic E-state index is -0.138. The number of aromatic nitrogens is 2. The zero-order valence-electron chi connectivity index (χ0n) is 35.4. The van der Waals surface area contributed by atoms with E-state index in [-0.39, 0.29) is 5.41 Å². The van der Waals surface area contributed by atoms with Crippen molar-refractivity contribution in [3.05, 3.63) is 217 Å². The maximum absolute atomic E-state index is 6.62. The standard InChI is InChI=1S/C61H40N2O/c1-61(2)51-28-24-37-14-9-10-19-43(37)59(51)49-35-48-47-32-38(25-29-55(47)63(56(48)36-52(49)61)42-17-7-4-8-18-42)39-27-31-57-50(33-39)60-44(21-13-23-58(60)64-57)40-26-30-54-46(34-40)45-20-11-12-22-53(45)62(54)41-15-5-3-6-16-41/h3-36H,1-2H3. The summed E-state index contributed by atoms with van der Waals surface area (Å²) in [5.41, 5.74) is 18.9. The van der Waals surface area contributed by atoms with E-state index in [1.807, 2.05) is 0 Å². The van der Waals surface area contributed by atoms with Crippen molar-refractivity contribution < 1.29 is 4.42 Å². The van der Waals surface area contributed by atoms with Crippen LogP contribution >= 0.6 is 0 Å². The highest BCUT2D eigenvalue weighted by Crippen LogP contribution is 2.53. The Balaban J connectivity index is 0.965. The molecule has 14 rings (SSSR count). The smallest absolute Gasteiger partial charge is 0.136 e. The van der Waals surface area contributed by atoms with Gasteiger partial charge in [-0.1, -0.05) is 135 Å². The number of nitrogens with zero attached hydrogens (tertiary/aromatic N) is 2. The number of hydrogen-bond acceptors (Lipinski definition) is 1. The third-order valence-electron chi connectivity index (χ3n) is 14.3. The lowest BCUT2D eigenvalue weighted by Gasteiger charge is -2.22. The van der Waals surface area contributed by atoms with Gasteiger partial charge in [0.2, 0.25) is 0 Å². The largest absolute Gasteiger partial charge is 0.456 e. The van der Waals surface area contributed by atoms with Crippen LogP contribution < -0.4 is 0 Å². The molecule has 3 nitrogen and oxygen atoms in total. The van der Waals surface area contributed by atoms with Crippen LogP contribution in [-0.2, 0) is 5.41 Å². The third kappa shape index (κ3) is 4.87. The van der Waals surface area contributed by atoms with E-state index in [1.54, 1.807) is 0 Å². The summed E-state index contributed by atoms with van der Waals surface area (Å²) < 4.78 is 11.4. The van der Waals surface area contributed by atoms with Crippen LogP contribution in [0, 0.1) is 0 Å². The van der Waals surface area contributed by atoms with Crippen molar-refractivity contribution in [2.45, 2.75) is 19.3 Å². The summed E-state index contributed by atoms with van der Waals surface area (Å²) in [6.45, 7) is 4.77. The monoisotopic (exact) mass is 816 g/mol. The number of para-hydroxylation sites is 3. The minimum absolute atomic E-state index is 0.138. The first-order valence-corrected chi connectivity index (χ1v) is 22.2. The van der Waals surface area contributed by atoms with Crippen molar-refractivity contribution in [1.29, 1.82) is 0 Å². The molecule has 0 unspecified atom stereocenters. The molecular weight excluding hydrogens is 777 g/mol. The normalized spacial score (nSPS) is 13.3. The van der Waals surface area contributed by atoms with Gasteiger partial charge in [-0.25, -0.2) is 0 Å². The van der Waals surface area contributed by atoms with Gasteiger partial charge in [-0.2, -0.15) is 0 Å². The molecule has 0 spiro atoms. The molecule has 0 aliphatic heterocycles. The van der Waals surface area contributed by atoms with Crippen molar-refractivity contribution in [2.24, 2.45) is 0 Å². The van der Waals surface area contributed by atoms with E-state index >= 15 is 0 Å². The molecule has 0 bridgehead atoms. The summed E-state index contributed by atoms with van der Waals surface area (Å²) >= 11 is 0. The fourth-order valence-electron chi connectivity index (χ4n) is 11.3. The van der Waals surface area contributed by atoms with Gasteiger partial charge in [0.25, 0.3) is 0 Å². The van der Waals surface area contributed by atoms with Gasteiger partial charge in [0, 0.05) is 49.1 Å². The summed E-state index contributed by atoms with van der Waals surface area (Å²) in [6, 6.07) is 75.8. The Morgan fingerprint density at radius 1 is 0.359 bits per heavy atom. The molecule has 0 saturated heterocycles. The molecular formula is C61H40N2O. The Hall–Kier alpha value is -8.14. The molecule has 3 heteroatoms. The van der Waals surface area contributed by atoms with E-state index in [0.717, 1.165) is 44.4 Å². The molecule has 0 fully saturated rings. The van der Waals surface area contributed by atoms with Gasteiger partial charge in [0.1, 0.15) is 11.2 Å². The predicted octanol–water partition coefficient (Wildman–Crippen LogP) is 16.6. The van der Waals surface area contributed by atoms with E-state index < -0.39 is 0 Å². The summed E-state index contributed by atoms with van der Waals surface area (Å²) in [4.78, 5) is 0. The van der Waals surface area contributed by atoms with Crippen molar-refractivity contribution in [1.82, 2.24) is 9.13 Å². The molecule has 300 valence electrons. The lowest BCUT2D eigenvalue weighted by Crippen LogP contribution is -2.15. The number of hydrogen-bond donors (Lipinski definition) is 0. The van der Waals surface area contributed by atoms with Crippen molar-refractivity contribution in [3.8, 4) is 44.8 Å². The lowest BCUT2D eigenvalue weighted by molar-refractivity contribution is 0.661. The predicted molar refractivity (Wildman–Crippen MR) is 268 cm³/mol. The first-order valence-electron chi connectivity index (χ1n) is 22.2. The summed E-state index contributed by atoms with van der Waals surface area (Å²) in [5, 5.41) is 9.82. The van der Waals surface area contributed by atoms with Crippen LogP contribution in [-0.4, -0.2) is 9.13 Å². The highest BCUT2D eigenvalue weighted by Gasteiger charge is 2.37. The Labute approximate surface area is 369 Å². The van der Waals surface area contributed by atoms with Crippen LogP contribution in [0.25, 0.3) is 121 Å². The number of fused-ring (bicyclic) bond motifs is 14. The Morgan fingerprint density at radius 3 is 1.73 bits per heavy atom. The molecule has 3 aromatic heterocycles. The summed E-state index contributed by atoms with van der Waals surface area (Å²) in [7, 11) is 0. The fraction of sp³-hybridized carbons (Fsp3) is 0.0492. The Bertz CT molecular complexity index is 4090. The van der Waals surface area contributed by atoms with Crippen LogP contribution in [0.1, 0.15) is 25.0 Å². The van der Waals surface area contributed by atoms with Crippen molar-refractivity contribution in [2.75, 3.05) is 0 Å². The third-order valence-corrected chi connectivity index (χ3v) is 14.3. The number of rotatable bonds is 4. The molecule has 13 aromatic rings. The minimum Gasteiger partial charge on any atom is -0.456 e. The van der Waals surface area contributed by atoms with Gasteiger partial charge < -0.3 is 13.6 Å². The van der Waals surface area contributed by atoms with Crippen molar-refractivity contribution >= 4 is 76.3 Å². The van der Waals surface area contributed by atoms with Gasteiger partial charge in [0.15, 0.2) is 0 Å². The molecule has 0 N–H and O–H groups in total. The lowest BCUT2D eigenvalue weighted by atomic mass is 9.82. The zero-order chi connectivity index (χ0) is 42.3. The first-order chi connectivity index (χ1) is 31.5. The fourth-order valence-corrected chi connectivity index (χ4v) is 11.3. The van der Waals surface area contributed by atoms with Crippen LogP contribution in [0.2, 0.25) is 0 Å². The van der Waals surface area contributed by atoms with E-state index in [1.165, 1.54) is 87.8 Å². The van der Waals surface area contributed by atoms with E-state index in [0.29, 0.717) is 0 Å². The Kier molecular flexibility index (Phi) is 7.17. The molecule has 0 amide bonds. The molecule has 0 atom stereocenters. The second kappa shape index (κ2) is 12.9. The molecule has 0 saturated carbocycles. The molecule has 1 aliphatic rings. The van der Waals surface area contributed by atoms with Gasteiger partial charge >= 0.3 is 0 Å². The van der Waals surface area contributed by atoms with Gasteiger partial charge in [0.05, 0.1) is 22.1 Å². The Morgan fingerprint density at radius 2 is 0.953 bits per heavy atom. The molecule has 1 aliphatic carbocycles.